The van der Waals surface area contributed by atoms with Gasteiger partial charge in [-0.1, -0.05) is 25.5 Å². The number of rotatable bonds is 5. The van der Waals surface area contributed by atoms with Gasteiger partial charge in [-0.2, -0.15) is 0 Å². The summed E-state index contributed by atoms with van der Waals surface area (Å²) in [6.07, 6.45) is -3.82. The van der Waals surface area contributed by atoms with E-state index in [0.29, 0.717) is 18.4 Å². The highest BCUT2D eigenvalue weighted by Gasteiger charge is 2.56. The SMILES string of the molecule is CC(C)=C[C@@H]1[C@H](CO[C@@H]2O[C@H](CO)[C@@H](O)[C@H](O)[C@H]2O)C1(C)C. The van der Waals surface area contributed by atoms with Gasteiger partial charge in [0.05, 0.1) is 13.2 Å². The van der Waals surface area contributed by atoms with Crippen LogP contribution in [0.4, 0.5) is 0 Å². The molecule has 4 N–H and O–H groups in total. The first-order valence-electron chi connectivity index (χ1n) is 7.77. The summed E-state index contributed by atoms with van der Waals surface area (Å²) in [5.41, 5.74) is 1.39. The summed E-state index contributed by atoms with van der Waals surface area (Å²) < 4.78 is 11.0. The van der Waals surface area contributed by atoms with Gasteiger partial charge in [0.15, 0.2) is 6.29 Å². The molecule has 0 amide bonds. The smallest absolute Gasteiger partial charge is 0.186 e. The van der Waals surface area contributed by atoms with E-state index in [4.69, 9.17) is 14.6 Å². The van der Waals surface area contributed by atoms with Gasteiger partial charge in [-0.15, -0.1) is 0 Å². The molecule has 1 heterocycles. The Morgan fingerprint density at radius 3 is 2.32 bits per heavy atom. The van der Waals surface area contributed by atoms with E-state index in [9.17, 15) is 15.3 Å². The maximum atomic E-state index is 9.94. The molecule has 6 nitrogen and oxygen atoms in total. The Kier molecular flexibility index (Phi) is 5.31. The largest absolute Gasteiger partial charge is 0.394 e. The topological polar surface area (TPSA) is 99.4 Å². The van der Waals surface area contributed by atoms with Crippen molar-refractivity contribution in [2.24, 2.45) is 17.3 Å². The second-order valence-corrected chi connectivity index (χ2v) is 7.23. The highest BCUT2D eigenvalue weighted by atomic mass is 16.7. The third kappa shape index (κ3) is 3.37. The van der Waals surface area contributed by atoms with Crippen molar-refractivity contribution in [3.63, 3.8) is 0 Å². The standard InChI is InChI=1S/C16H28O6/c1-8(2)5-9-10(16(9,3)4)7-21-15-14(20)13(19)12(18)11(6-17)22-15/h5,9-15,17-20H,6-7H2,1-4H3/t9-,10+,11-,12-,13+,14-,15-/m1/s1. The van der Waals surface area contributed by atoms with Crippen LogP contribution in [-0.4, -0.2) is 64.3 Å². The van der Waals surface area contributed by atoms with Crippen molar-refractivity contribution in [1.29, 1.82) is 0 Å². The van der Waals surface area contributed by atoms with E-state index in [-0.39, 0.29) is 5.41 Å². The minimum atomic E-state index is -1.39. The third-order valence-electron chi connectivity index (χ3n) is 4.94. The van der Waals surface area contributed by atoms with Crippen LogP contribution in [0, 0.1) is 17.3 Å². The molecule has 2 rings (SSSR count). The zero-order chi connectivity index (χ0) is 16.7. The first-order valence-corrected chi connectivity index (χ1v) is 7.77. The second-order valence-electron chi connectivity index (χ2n) is 7.23. The Morgan fingerprint density at radius 1 is 1.14 bits per heavy atom. The van der Waals surface area contributed by atoms with E-state index in [1.165, 1.54) is 5.57 Å². The lowest BCUT2D eigenvalue weighted by molar-refractivity contribution is -0.302. The van der Waals surface area contributed by atoms with Crippen LogP contribution in [-0.2, 0) is 9.47 Å². The van der Waals surface area contributed by atoms with Crippen molar-refractivity contribution in [2.75, 3.05) is 13.2 Å². The van der Waals surface area contributed by atoms with E-state index in [2.05, 4.69) is 33.8 Å². The molecule has 0 aromatic carbocycles. The molecule has 1 saturated carbocycles. The van der Waals surface area contributed by atoms with Crippen molar-refractivity contribution in [3.8, 4) is 0 Å². The van der Waals surface area contributed by atoms with Crippen LogP contribution in [0.1, 0.15) is 27.7 Å². The minimum Gasteiger partial charge on any atom is -0.394 e. The average molecular weight is 316 g/mol. The predicted octanol–water partition coefficient (Wildman–Crippen LogP) is 0.0413. The molecule has 7 atom stereocenters. The summed E-state index contributed by atoms with van der Waals surface area (Å²) in [7, 11) is 0. The molecule has 1 aliphatic heterocycles. The molecule has 128 valence electrons. The third-order valence-corrected chi connectivity index (χ3v) is 4.94. The number of allylic oxidation sites excluding steroid dienone is 2. The van der Waals surface area contributed by atoms with Crippen LogP contribution in [0.2, 0.25) is 0 Å². The Balaban J connectivity index is 1.93. The molecular formula is C16H28O6. The summed E-state index contributed by atoms with van der Waals surface area (Å²) in [5, 5.41) is 38.6. The Hall–Kier alpha value is -0.500. The van der Waals surface area contributed by atoms with Crippen LogP contribution in [0.5, 0.6) is 0 Å². The number of hydrogen-bond acceptors (Lipinski definition) is 6. The van der Waals surface area contributed by atoms with E-state index < -0.39 is 37.3 Å². The van der Waals surface area contributed by atoms with Gasteiger partial charge in [-0.25, -0.2) is 0 Å². The quantitative estimate of drug-likeness (QED) is 0.535. The summed E-state index contributed by atoms with van der Waals surface area (Å²) in [6.45, 7) is 8.40. The van der Waals surface area contributed by atoms with Crippen molar-refractivity contribution in [3.05, 3.63) is 11.6 Å². The van der Waals surface area contributed by atoms with Crippen LogP contribution < -0.4 is 0 Å². The van der Waals surface area contributed by atoms with Crippen molar-refractivity contribution < 1.29 is 29.9 Å². The number of ether oxygens (including phenoxy) is 2. The van der Waals surface area contributed by atoms with Crippen molar-refractivity contribution >= 4 is 0 Å². The lowest BCUT2D eigenvalue weighted by Gasteiger charge is -2.39. The maximum absolute atomic E-state index is 9.94. The monoisotopic (exact) mass is 316 g/mol. The van der Waals surface area contributed by atoms with Gasteiger partial charge in [0.2, 0.25) is 0 Å². The molecular weight excluding hydrogens is 288 g/mol. The molecule has 1 saturated heterocycles. The molecule has 1 aliphatic carbocycles. The molecule has 22 heavy (non-hydrogen) atoms. The van der Waals surface area contributed by atoms with E-state index in [1.807, 2.05) is 0 Å². The Bertz CT molecular complexity index is 415. The lowest BCUT2D eigenvalue weighted by Crippen LogP contribution is -2.59. The van der Waals surface area contributed by atoms with Crippen LogP contribution in [0.3, 0.4) is 0 Å². The summed E-state index contributed by atoms with van der Waals surface area (Å²) in [4.78, 5) is 0. The molecule has 0 spiro atoms. The fourth-order valence-corrected chi connectivity index (χ4v) is 3.20. The van der Waals surface area contributed by atoms with Crippen LogP contribution >= 0.6 is 0 Å². The highest BCUT2D eigenvalue weighted by Crippen LogP contribution is 2.59. The fraction of sp³-hybridized carbons (Fsp3) is 0.875. The van der Waals surface area contributed by atoms with Gasteiger partial charge in [0.1, 0.15) is 24.4 Å². The first-order chi connectivity index (χ1) is 10.2. The van der Waals surface area contributed by atoms with Gasteiger partial charge in [-0.3, -0.25) is 0 Å². The van der Waals surface area contributed by atoms with Gasteiger partial charge in [0.25, 0.3) is 0 Å². The Morgan fingerprint density at radius 2 is 1.77 bits per heavy atom. The van der Waals surface area contributed by atoms with Crippen LogP contribution in [0.15, 0.2) is 11.6 Å². The first kappa shape index (κ1) is 17.8. The minimum absolute atomic E-state index is 0.130. The normalized spacial score (nSPS) is 43.7. The molecule has 6 heteroatoms. The predicted molar refractivity (Wildman–Crippen MR) is 79.9 cm³/mol. The summed E-state index contributed by atoms with van der Waals surface area (Å²) in [5.74, 6) is 0.733. The summed E-state index contributed by atoms with van der Waals surface area (Å²) in [6, 6.07) is 0. The number of aliphatic hydroxyl groups is 4. The molecule has 0 aromatic rings. The number of hydrogen-bond donors (Lipinski definition) is 4. The molecule has 0 radical (unpaired) electrons. The molecule has 0 aromatic heterocycles. The summed E-state index contributed by atoms with van der Waals surface area (Å²) >= 11 is 0. The Labute approximate surface area is 131 Å². The van der Waals surface area contributed by atoms with Crippen molar-refractivity contribution in [2.45, 2.75) is 58.4 Å². The van der Waals surface area contributed by atoms with Crippen LogP contribution in [0.25, 0.3) is 0 Å². The number of aliphatic hydroxyl groups excluding tert-OH is 4. The molecule has 0 bridgehead atoms. The van der Waals surface area contributed by atoms with Gasteiger partial charge in [-0.05, 0) is 31.1 Å². The van der Waals surface area contributed by atoms with Crippen molar-refractivity contribution in [1.82, 2.24) is 0 Å². The second kappa shape index (κ2) is 6.55. The van der Waals surface area contributed by atoms with E-state index >= 15 is 0 Å². The zero-order valence-corrected chi connectivity index (χ0v) is 13.6. The zero-order valence-electron chi connectivity index (χ0n) is 13.6. The van der Waals surface area contributed by atoms with E-state index in [1.54, 1.807) is 0 Å². The highest BCUT2D eigenvalue weighted by molar-refractivity contribution is 5.17. The van der Waals surface area contributed by atoms with Gasteiger partial charge in [0, 0.05) is 0 Å². The fourth-order valence-electron chi connectivity index (χ4n) is 3.20. The maximum Gasteiger partial charge on any atom is 0.186 e. The lowest BCUT2D eigenvalue weighted by atomic mass is 9.99. The van der Waals surface area contributed by atoms with E-state index in [0.717, 1.165) is 0 Å². The molecule has 0 unspecified atom stereocenters. The molecule has 2 aliphatic rings. The average Bonchev–Trinajstić information content (AvgIpc) is 2.95. The van der Waals surface area contributed by atoms with Gasteiger partial charge < -0.3 is 29.9 Å². The molecule has 2 fully saturated rings. The van der Waals surface area contributed by atoms with Gasteiger partial charge >= 0.3 is 0 Å².